The highest BCUT2D eigenvalue weighted by Gasteiger charge is 2.41. The minimum absolute atomic E-state index is 0.0330. The topological polar surface area (TPSA) is 80.9 Å². The number of hydrogen-bond acceptors (Lipinski definition) is 7. The molecule has 1 aromatic heterocycles. The van der Waals surface area contributed by atoms with Gasteiger partial charge in [-0.15, -0.1) is 0 Å². The Balaban J connectivity index is 1.42. The average molecular weight is 372 g/mol. The van der Waals surface area contributed by atoms with E-state index < -0.39 is 0 Å². The lowest BCUT2D eigenvalue weighted by atomic mass is 9.89. The maximum Gasteiger partial charge on any atom is 0.266 e. The minimum atomic E-state index is -0.268. The van der Waals surface area contributed by atoms with Gasteiger partial charge in [0.25, 0.3) is 11.8 Å². The highest BCUT2D eigenvalue weighted by Crippen LogP contribution is 2.32. The zero-order valence-corrected chi connectivity index (χ0v) is 15.5. The van der Waals surface area contributed by atoms with Crippen molar-refractivity contribution in [3.05, 3.63) is 30.3 Å². The van der Waals surface area contributed by atoms with E-state index in [0.717, 1.165) is 24.9 Å². The molecule has 1 spiro atoms. The number of methoxy groups -OCH3 is 1. The molecule has 1 amide bonds. The number of carbonyl (C=O) groups is 1. The Morgan fingerprint density at radius 2 is 2.00 bits per heavy atom. The first-order valence-corrected chi connectivity index (χ1v) is 9.24. The van der Waals surface area contributed by atoms with E-state index in [4.69, 9.17) is 14.0 Å². The van der Waals surface area contributed by atoms with Crippen LogP contribution in [0.2, 0.25) is 0 Å². The standard InChI is InChI=1S/C19H24N4O4/c1-25-13-16(24)22-9-7-19(8-10-22)14-23(11-12-26-19)18-20-17(27-21-18)15-5-3-2-4-6-15/h2-6H,7-14H2,1H3. The van der Waals surface area contributed by atoms with Gasteiger partial charge in [0.1, 0.15) is 6.61 Å². The van der Waals surface area contributed by atoms with Crippen molar-refractivity contribution in [2.45, 2.75) is 18.4 Å². The molecule has 8 nitrogen and oxygen atoms in total. The van der Waals surface area contributed by atoms with Crippen molar-refractivity contribution in [1.82, 2.24) is 15.0 Å². The molecule has 0 N–H and O–H groups in total. The number of amides is 1. The summed E-state index contributed by atoms with van der Waals surface area (Å²) in [6.07, 6.45) is 1.59. The molecule has 3 heterocycles. The molecule has 8 heteroatoms. The molecule has 0 unspecified atom stereocenters. The molecule has 0 radical (unpaired) electrons. The fraction of sp³-hybridized carbons (Fsp3) is 0.526. The summed E-state index contributed by atoms with van der Waals surface area (Å²) in [5, 5.41) is 4.16. The molecule has 1 aromatic carbocycles. The number of aromatic nitrogens is 2. The molecular formula is C19H24N4O4. The second-order valence-corrected chi connectivity index (χ2v) is 7.03. The van der Waals surface area contributed by atoms with Gasteiger partial charge in [-0.2, -0.15) is 4.98 Å². The number of hydrogen-bond donors (Lipinski definition) is 0. The van der Waals surface area contributed by atoms with Crippen LogP contribution in [0.25, 0.3) is 11.5 Å². The van der Waals surface area contributed by atoms with Gasteiger partial charge in [0.15, 0.2) is 0 Å². The van der Waals surface area contributed by atoms with E-state index >= 15 is 0 Å². The van der Waals surface area contributed by atoms with Crippen LogP contribution >= 0.6 is 0 Å². The van der Waals surface area contributed by atoms with Gasteiger partial charge in [-0.1, -0.05) is 18.2 Å². The van der Waals surface area contributed by atoms with Crippen molar-refractivity contribution in [3.8, 4) is 11.5 Å². The van der Waals surface area contributed by atoms with Crippen LogP contribution in [0.4, 0.5) is 5.95 Å². The van der Waals surface area contributed by atoms with Crippen molar-refractivity contribution in [1.29, 1.82) is 0 Å². The molecule has 27 heavy (non-hydrogen) atoms. The van der Waals surface area contributed by atoms with Crippen LogP contribution in [0.3, 0.4) is 0 Å². The SMILES string of the molecule is COCC(=O)N1CCC2(CC1)CN(c1noc(-c3ccccc3)n1)CCO2. The number of anilines is 1. The number of carbonyl (C=O) groups excluding carboxylic acids is 1. The second-order valence-electron chi connectivity index (χ2n) is 7.03. The molecule has 2 aromatic rings. The van der Waals surface area contributed by atoms with E-state index in [1.807, 2.05) is 35.2 Å². The van der Waals surface area contributed by atoms with Gasteiger partial charge in [-0.25, -0.2) is 0 Å². The Morgan fingerprint density at radius 1 is 1.22 bits per heavy atom. The van der Waals surface area contributed by atoms with E-state index in [2.05, 4.69) is 15.0 Å². The van der Waals surface area contributed by atoms with Crippen LogP contribution < -0.4 is 4.90 Å². The van der Waals surface area contributed by atoms with E-state index in [-0.39, 0.29) is 18.1 Å². The van der Waals surface area contributed by atoms with Crippen molar-refractivity contribution in [2.24, 2.45) is 0 Å². The van der Waals surface area contributed by atoms with E-state index in [9.17, 15) is 4.79 Å². The molecular weight excluding hydrogens is 348 g/mol. The predicted molar refractivity (Wildman–Crippen MR) is 98.3 cm³/mol. The molecule has 2 aliphatic rings. The minimum Gasteiger partial charge on any atom is -0.375 e. The van der Waals surface area contributed by atoms with Gasteiger partial charge >= 0.3 is 0 Å². The maximum atomic E-state index is 12.0. The molecule has 2 fully saturated rings. The number of rotatable bonds is 4. The second kappa shape index (κ2) is 7.66. The molecule has 4 rings (SSSR count). The molecule has 0 atom stereocenters. The largest absolute Gasteiger partial charge is 0.375 e. The summed E-state index contributed by atoms with van der Waals surface area (Å²) < 4.78 is 16.5. The summed E-state index contributed by atoms with van der Waals surface area (Å²) in [6, 6.07) is 9.75. The molecule has 2 saturated heterocycles. The fourth-order valence-corrected chi connectivity index (χ4v) is 3.74. The average Bonchev–Trinajstić information content (AvgIpc) is 3.20. The van der Waals surface area contributed by atoms with Gasteiger partial charge in [-0.05, 0) is 30.1 Å². The summed E-state index contributed by atoms with van der Waals surface area (Å²) >= 11 is 0. The monoisotopic (exact) mass is 372 g/mol. The lowest BCUT2D eigenvalue weighted by Gasteiger charge is -2.46. The maximum absolute atomic E-state index is 12.0. The van der Waals surface area contributed by atoms with Gasteiger partial charge in [0.2, 0.25) is 5.91 Å². The predicted octanol–water partition coefficient (Wildman–Crippen LogP) is 1.58. The van der Waals surface area contributed by atoms with Crippen LogP contribution in [-0.2, 0) is 14.3 Å². The number of morpholine rings is 1. The summed E-state index contributed by atoms with van der Waals surface area (Å²) in [4.78, 5) is 20.5. The van der Waals surface area contributed by atoms with Crippen LogP contribution in [0.1, 0.15) is 12.8 Å². The first-order chi connectivity index (χ1) is 13.2. The number of likely N-dealkylation sites (tertiary alicyclic amines) is 1. The summed E-state index contributed by atoms with van der Waals surface area (Å²) in [5.41, 5.74) is 0.638. The normalized spacial score (nSPS) is 19.4. The molecule has 0 bridgehead atoms. The van der Waals surface area contributed by atoms with Gasteiger partial charge < -0.3 is 23.8 Å². The Hall–Kier alpha value is -2.45. The lowest BCUT2D eigenvalue weighted by molar-refractivity contribution is -0.143. The quantitative estimate of drug-likeness (QED) is 0.806. The molecule has 2 aliphatic heterocycles. The lowest BCUT2D eigenvalue weighted by Crippen LogP contribution is -2.58. The van der Waals surface area contributed by atoms with Crippen molar-refractivity contribution in [2.75, 3.05) is 51.4 Å². The third-order valence-corrected chi connectivity index (χ3v) is 5.26. The number of ether oxygens (including phenoxy) is 2. The van der Waals surface area contributed by atoms with Gasteiger partial charge in [-0.3, -0.25) is 4.79 Å². The number of nitrogens with zero attached hydrogens (tertiary/aromatic N) is 4. The zero-order valence-electron chi connectivity index (χ0n) is 15.5. The number of piperidine rings is 1. The Kier molecular flexibility index (Phi) is 5.09. The van der Waals surface area contributed by atoms with Crippen LogP contribution in [0.5, 0.6) is 0 Å². The van der Waals surface area contributed by atoms with Crippen molar-refractivity contribution >= 4 is 11.9 Å². The van der Waals surface area contributed by atoms with E-state index in [0.29, 0.717) is 38.1 Å². The van der Waals surface area contributed by atoms with Crippen LogP contribution in [0, 0.1) is 0 Å². The molecule has 0 aliphatic carbocycles. The highest BCUT2D eigenvalue weighted by atomic mass is 16.5. The van der Waals surface area contributed by atoms with Gasteiger partial charge in [0, 0.05) is 32.3 Å². The molecule has 144 valence electrons. The zero-order chi connectivity index (χ0) is 18.7. The fourth-order valence-electron chi connectivity index (χ4n) is 3.74. The van der Waals surface area contributed by atoms with E-state index in [1.54, 1.807) is 7.11 Å². The van der Waals surface area contributed by atoms with Crippen LogP contribution in [-0.4, -0.2) is 73.1 Å². The van der Waals surface area contributed by atoms with E-state index in [1.165, 1.54) is 0 Å². The first kappa shape index (κ1) is 17.9. The highest BCUT2D eigenvalue weighted by molar-refractivity contribution is 5.77. The third-order valence-electron chi connectivity index (χ3n) is 5.26. The Bertz CT molecular complexity index is 771. The Labute approximate surface area is 158 Å². The summed E-state index contributed by atoms with van der Waals surface area (Å²) in [5.74, 6) is 1.14. The van der Waals surface area contributed by atoms with Gasteiger partial charge in [0.05, 0.1) is 18.8 Å². The third kappa shape index (κ3) is 3.81. The summed E-state index contributed by atoms with van der Waals surface area (Å²) in [6.45, 7) is 3.52. The Morgan fingerprint density at radius 3 is 2.74 bits per heavy atom. The van der Waals surface area contributed by atoms with Crippen molar-refractivity contribution in [3.63, 3.8) is 0 Å². The number of benzene rings is 1. The smallest absolute Gasteiger partial charge is 0.266 e. The first-order valence-electron chi connectivity index (χ1n) is 9.24. The summed E-state index contributed by atoms with van der Waals surface area (Å²) in [7, 11) is 1.54. The van der Waals surface area contributed by atoms with Crippen LogP contribution in [0.15, 0.2) is 34.9 Å². The molecule has 0 saturated carbocycles. The van der Waals surface area contributed by atoms with Crippen molar-refractivity contribution < 1.29 is 18.8 Å².